The van der Waals surface area contributed by atoms with Crippen LogP contribution >= 0.6 is 12.4 Å². The Kier molecular flexibility index (Phi) is 5.29. The van der Waals surface area contributed by atoms with Crippen molar-refractivity contribution in [3.05, 3.63) is 0 Å². The van der Waals surface area contributed by atoms with E-state index in [1.165, 1.54) is 6.42 Å². The van der Waals surface area contributed by atoms with Crippen LogP contribution in [-0.4, -0.2) is 42.8 Å². The number of ether oxygens (including phenoxy) is 1. The summed E-state index contributed by atoms with van der Waals surface area (Å²) in [7, 11) is 0. The predicted octanol–water partition coefficient (Wildman–Crippen LogP) is 2.27. The number of hydrogen-bond donors (Lipinski definition) is 1. The van der Waals surface area contributed by atoms with Gasteiger partial charge < -0.3 is 15.0 Å². The summed E-state index contributed by atoms with van der Waals surface area (Å²) in [5, 5.41) is 3.46. The zero-order chi connectivity index (χ0) is 12.5. The van der Waals surface area contributed by atoms with Crippen molar-refractivity contribution in [1.29, 1.82) is 0 Å². The maximum Gasteiger partial charge on any atom is 0.410 e. The van der Waals surface area contributed by atoms with Gasteiger partial charge in [-0.05, 0) is 58.5 Å². The van der Waals surface area contributed by atoms with E-state index in [1.54, 1.807) is 0 Å². The molecule has 2 fully saturated rings. The number of fused-ring (bicyclic) bond motifs is 2. The first-order valence-corrected chi connectivity index (χ1v) is 6.63. The summed E-state index contributed by atoms with van der Waals surface area (Å²) in [5.74, 6) is 1.34. The molecule has 0 spiro atoms. The Labute approximate surface area is 116 Å². The summed E-state index contributed by atoms with van der Waals surface area (Å²) < 4.78 is 5.45. The van der Waals surface area contributed by atoms with Gasteiger partial charge >= 0.3 is 6.09 Å². The summed E-state index contributed by atoms with van der Waals surface area (Å²) in [5.41, 5.74) is -0.392. The Morgan fingerprint density at radius 1 is 1.28 bits per heavy atom. The second-order valence-corrected chi connectivity index (χ2v) is 6.34. The molecule has 2 saturated heterocycles. The highest BCUT2D eigenvalue weighted by Crippen LogP contribution is 2.25. The molecule has 2 aliphatic rings. The number of carbonyl (C=O) groups excluding carboxylic acids is 1. The Bertz CT molecular complexity index is 291. The molecule has 0 aromatic heterocycles. The molecule has 1 amide bonds. The average molecular weight is 277 g/mol. The van der Waals surface area contributed by atoms with Gasteiger partial charge in [0.1, 0.15) is 5.60 Å². The van der Waals surface area contributed by atoms with Crippen molar-refractivity contribution in [2.24, 2.45) is 11.8 Å². The Hall–Kier alpha value is -0.480. The fraction of sp³-hybridized carbons (Fsp3) is 0.923. The van der Waals surface area contributed by atoms with Crippen molar-refractivity contribution >= 4 is 18.5 Å². The van der Waals surface area contributed by atoms with Gasteiger partial charge in [-0.1, -0.05) is 0 Å². The Balaban J connectivity index is 0.00000162. The van der Waals surface area contributed by atoms with Crippen LogP contribution in [0, 0.1) is 11.8 Å². The fourth-order valence-corrected chi connectivity index (χ4v) is 2.72. The molecule has 0 radical (unpaired) electrons. The Morgan fingerprint density at radius 3 is 2.61 bits per heavy atom. The summed E-state index contributed by atoms with van der Waals surface area (Å²) >= 11 is 0. The van der Waals surface area contributed by atoms with Crippen LogP contribution in [0.1, 0.15) is 33.6 Å². The highest BCUT2D eigenvalue weighted by molar-refractivity contribution is 5.85. The van der Waals surface area contributed by atoms with Gasteiger partial charge in [0, 0.05) is 13.1 Å². The van der Waals surface area contributed by atoms with Crippen molar-refractivity contribution in [3.63, 3.8) is 0 Å². The van der Waals surface area contributed by atoms with E-state index < -0.39 is 5.60 Å². The molecule has 5 heteroatoms. The molecule has 2 bridgehead atoms. The van der Waals surface area contributed by atoms with Crippen LogP contribution in [-0.2, 0) is 4.74 Å². The van der Waals surface area contributed by atoms with E-state index in [2.05, 4.69) is 5.32 Å². The molecule has 18 heavy (non-hydrogen) atoms. The average Bonchev–Trinajstić information content (AvgIpc) is 2.35. The molecule has 1 N–H and O–H groups in total. The minimum absolute atomic E-state index is 0. The standard InChI is InChI=1S/C13H24N2O2.ClH/c1-13(2,3)17-12(16)15-5-4-10-6-11(9-15)8-14-7-10;/h10-11,14H,4-9H2,1-3H3;1H. The van der Waals surface area contributed by atoms with Crippen molar-refractivity contribution in [2.75, 3.05) is 26.2 Å². The van der Waals surface area contributed by atoms with Crippen LogP contribution < -0.4 is 5.32 Å². The minimum Gasteiger partial charge on any atom is -0.444 e. The third-order valence-electron chi connectivity index (χ3n) is 3.47. The van der Waals surface area contributed by atoms with E-state index in [4.69, 9.17) is 4.74 Å². The zero-order valence-electron chi connectivity index (χ0n) is 11.6. The summed E-state index contributed by atoms with van der Waals surface area (Å²) in [6.45, 7) is 9.60. The highest BCUT2D eigenvalue weighted by Gasteiger charge is 2.31. The second-order valence-electron chi connectivity index (χ2n) is 6.34. The minimum atomic E-state index is -0.392. The third kappa shape index (κ3) is 4.32. The van der Waals surface area contributed by atoms with Gasteiger partial charge in [-0.25, -0.2) is 4.79 Å². The number of hydrogen-bond acceptors (Lipinski definition) is 3. The van der Waals surface area contributed by atoms with Crippen LogP contribution in [0.15, 0.2) is 0 Å². The molecular formula is C13H25ClN2O2. The number of nitrogens with zero attached hydrogens (tertiary/aromatic N) is 1. The van der Waals surface area contributed by atoms with Crippen LogP contribution in [0.5, 0.6) is 0 Å². The topological polar surface area (TPSA) is 41.6 Å². The van der Waals surface area contributed by atoms with E-state index in [1.807, 2.05) is 25.7 Å². The molecule has 2 aliphatic heterocycles. The molecule has 0 aromatic carbocycles. The van der Waals surface area contributed by atoms with Gasteiger partial charge in [-0.3, -0.25) is 0 Å². The lowest BCUT2D eigenvalue weighted by molar-refractivity contribution is 0.0235. The predicted molar refractivity (Wildman–Crippen MR) is 74.1 cm³/mol. The summed E-state index contributed by atoms with van der Waals surface area (Å²) in [4.78, 5) is 13.9. The molecule has 0 aliphatic carbocycles. The molecule has 2 heterocycles. The van der Waals surface area contributed by atoms with E-state index in [9.17, 15) is 4.79 Å². The lowest BCUT2D eigenvalue weighted by atomic mass is 9.90. The molecule has 0 aromatic rings. The largest absolute Gasteiger partial charge is 0.444 e. The monoisotopic (exact) mass is 276 g/mol. The second kappa shape index (κ2) is 6.11. The van der Waals surface area contributed by atoms with E-state index in [0.29, 0.717) is 5.92 Å². The van der Waals surface area contributed by atoms with Gasteiger partial charge in [0.2, 0.25) is 0 Å². The molecular weight excluding hydrogens is 252 g/mol. The van der Waals surface area contributed by atoms with E-state index in [-0.39, 0.29) is 18.5 Å². The lowest BCUT2D eigenvalue weighted by Crippen LogP contribution is -2.41. The van der Waals surface area contributed by atoms with Crippen molar-refractivity contribution in [2.45, 2.75) is 39.2 Å². The lowest BCUT2D eigenvalue weighted by Gasteiger charge is -2.29. The number of amides is 1. The summed E-state index contributed by atoms with van der Waals surface area (Å²) in [6.07, 6.45) is 2.21. The smallest absolute Gasteiger partial charge is 0.410 e. The Morgan fingerprint density at radius 2 is 1.94 bits per heavy atom. The van der Waals surface area contributed by atoms with Gasteiger partial charge in [0.05, 0.1) is 0 Å². The van der Waals surface area contributed by atoms with Crippen molar-refractivity contribution in [1.82, 2.24) is 10.2 Å². The number of rotatable bonds is 0. The third-order valence-corrected chi connectivity index (χ3v) is 3.47. The van der Waals surface area contributed by atoms with Crippen LogP contribution in [0.2, 0.25) is 0 Å². The zero-order valence-corrected chi connectivity index (χ0v) is 12.4. The molecule has 2 atom stereocenters. The van der Waals surface area contributed by atoms with Gasteiger partial charge in [0.25, 0.3) is 0 Å². The summed E-state index contributed by atoms with van der Waals surface area (Å²) in [6, 6.07) is 0. The fourth-order valence-electron chi connectivity index (χ4n) is 2.72. The number of piperidine rings is 1. The number of carbonyl (C=O) groups is 1. The molecule has 2 unspecified atom stereocenters. The maximum absolute atomic E-state index is 12.0. The van der Waals surface area contributed by atoms with Gasteiger partial charge in [-0.15, -0.1) is 12.4 Å². The van der Waals surface area contributed by atoms with Gasteiger partial charge in [-0.2, -0.15) is 0 Å². The SMILES string of the molecule is CC(C)(C)OC(=O)N1CCC2CNCC(C2)C1.Cl. The number of halogens is 1. The normalized spacial score (nSPS) is 28.1. The molecule has 2 rings (SSSR count). The quantitative estimate of drug-likeness (QED) is 0.738. The van der Waals surface area contributed by atoms with Crippen LogP contribution in [0.4, 0.5) is 4.79 Å². The van der Waals surface area contributed by atoms with Crippen molar-refractivity contribution < 1.29 is 9.53 Å². The van der Waals surface area contributed by atoms with E-state index in [0.717, 1.165) is 38.5 Å². The van der Waals surface area contributed by atoms with Crippen molar-refractivity contribution in [3.8, 4) is 0 Å². The first kappa shape index (κ1) is 15.6. The molecule has 0 saturated carbocycles. The first-order chi connectivity index (χ1) is 7.94. The van der Waals surface area contributed by atoms with Crippen LogP contribution in [0.3, 0.4) is 0 Å². The van der Waals surface area contributed by atoms with Gasteiger partial charge in [0.15, 0.2) is 0 Å². The van der Waals surface area contributed by atoms with Crippen LogP contribution in [0.25, 0.3) is 0 Å². The first-order valence-electron chi connectivity index (χ1n) is 6.63. The maximum atomic E-state index is 12.0. The number of nitrogens with one attached hydrogen (secondary N) is 1. The number of likely N-dealkylation sites (tertiary alicyclic amines) is 1. The molecule has 4 nitrogen and oxygen atoms in total. The molecule has 106 valence electrons. The van der Waals surface area contributed by atoms with E-state index >= 15 is 0 Å². The highest BCUT2D eigenvalue weighted by atomic mass is 35.5.